The Morgan fingerprint density at radius 3 is 2.82 bits per heavy atom. The van der Waals surface area contributed by atoms with E-state index >= 15 is 0 Å². The molecule has 1 aliphatic heterocycles. The standard InChI is InChI=1S/C28H35N7O2S/c1-4-33(5-2)19(3)16-29-28(37)20-14-24(31-26(15-20)34-11-6-8-21(34)18-36)22-17-30-35-12-10-23(32-27(22)35)25-9-7-13-38-25/h7,9-10,12-15,17,19,21,36H,4-6,8,11,16,18H2,1-3H3,(H,29,37). The molecule has 9 nitrogen and oxygen atoms in total. The quantitative estimate of drug-likeness (QED) is 0.319. The number of aliphatic hydroxyl groups is 1. The molecule has 0 radical (unpaired) electrons. The fraction of sp³-hybridized carbons (Fsp3) is 0.429. The molecule has 5 heterocycles. The molecule has 4 aromatic heterocycles. The third-order valence-electron chi connectivity index (χ3n) is 7.37. The number of rotatable bonds is 10. The van der Waals surface area contributed by atoms with Gasteiger partial charge in [-0.1, -0.05) is 19.9 Å². The number of thiophene rings is 1. The number of anilines is 1. The minimum absolute atomic E-state index is 0.0104. The van der Waals surface area contributed by atoms with Gasteiger partial charge in [0.05, 0.1) is 40.7 Å². The summed E-state index contributed by atoms with van der Waals surface area (Å²) in [5.41, 5.74) is 3.49. The van der Waals surface area contributed by atoms with Crippen LogP contribution in [0.25, 0.3) is 27.5 Å². The Hall–Kier alpha value is -3.34. The maximum Gasteiger partial charge on any atom is 0.251 e. The van der Waals surface area contributed by atoms with Crippen molar-refractivity contribution >= 4 is 28.7 Å². The molecule has 2 atom stereocenters. The second-order valence-corrected chi connectivity index (χ2v) is 10.6. The van der Waals surface area contributed by atoms with E-state index in [4.69, 9.17) is 9.97 Å². The van der Waals surface area contributed by atoms with Gasteiger partial charge in [0.1, 0.15) is 5.82 Å². The highest BCUT2D eigenvalue weighted by Crippen LogP contribution is 2.31. The normalized spacial score (nSPS) is 16.4. The molecule has 4 aromatic rings. The van der Waals surface area contributed by atoms with Crippen molar-refractivity contribution < 1.29 is 9.90 Å². The summed E-state index contributed by atoms with van der Waals surface area (Å²) < 4.78 is 1.73. The van der Waals surface area contributed by atoms with E-state index in [0.29, 0.717) is 29.3 Å². The van der Waals surface area contributed by atoms with Crippen LogP contribution in [0.4, 0.5) is 5.82 Å². The van der Waals surface area contributed by atoms with E-state index in [1.165, 1.54) is 0 Å². The number of nitrogens with one attached hydrogen (secondary N) is 1. The number of hydrogen-bond donors (Lipinski definition) is 2. The van der Waals surface area contributed by atoms with E-state index in [2.05, 4.69) is 41.0 Å². The predicted molar refractivity (Wildman–Crippen MR) is 152 cm³/mol. The molecule has 2 unspecified atom stereocenters. The van der Waals surface area contributed by atoms with Gasteiger partial charge in [-0.25, -0.2) is 14.5 Å². The molecule has 200 valence electrons. The van der Waals surface area contributed by atoms with Gasteiger partial charge in [0.2, 0.25) is 0 Å². The Kier molecular flexibility index (Phi) is 8.01. The van der Waals surface area contributed by atoms with Gasteiger partial charge in [0, 0.05) is 30.9 Å². The molecular formula is C28H35N7O2S. The van der Waals surface area contributed by atoms with Gasteiger partial charge in [0.15, 0.2) is 5.65 Å². The highest BCUT2D eigenvalue weighted by Gasteiger charge is 2.27. The summed E-state index contributed by atoms with van der Waals surface area (Å²) in [5, 5.41) is 19.6. The lowest BCUT2D eigenvalue weighted by Crippen LogP contribution is -2.42. The third kappa shape index (κ3) is 5.29. The number of hydrogen-bond acceptors (Lipinski definition) is 8. The maximum absolute atomic E-state index is 13.4. The van der Waals surface area contributed by atoms with Crippen molar-refractivity contribution in [2.24, 2.45) is 0 Å². The van der Waals surface area contributed by atoms with Gasteiger partial charge in [-0.3, -0.25) is 9.69 Å². The number of fused-ring (bicyclic) bond motifs is 1. The van der Waals surface area contributed by atoms with Gasteiger partial charge < -0.3 is 15.3 Å². The lowest BCUT2D eigenvalue weighted by molar-refractivity contribution is 0.0938. The minimum atomic E-state index is -0.141. The highest BCUT2D eigenvalue weighted by molar-refractivity contribution is 7.13. The first-order valence-electron chi connectivity index (χ1n) is 13.3. The summed E-state index contributed by atoms with van der Waals surface area (Å²) in [6.07, 6.45) is 5.52. The zero-order valence-corrected chi connectivity index (χ0v) is 23.0. The van der Waals surface area contributed by atoms with Crippen LogP contribution >= 0.6 is 11.3 Å². The van der Waals surface area contributed by atoms with Gasteiger partial charge in [-0.05, 0) is 62.5 Å². The van der Waals surface area contributed by atoms with Crippen molar-refractivity contribution in [2.75, 3.05) is 37.7 Å². The van der Waals surface area contributed by atoms with E-state index < -0.39 is 0 Å². The average Bonchev–Trinajstić information content (AvgIpc) is 3.72. The van der Waals surface area contributed by atoms with Crippen LogP contribution in [0.2, 0.25) is 0 Å². The third-order valence-corrected chi connectivity index (χ3v) is 8.26. The molecule has 0 bridgehead atoms. The number of carbonyl (C=O) groups is 1. The Balaban J connectivity index is 1.53. The summed E-state index contributed by atoms with van der Waals surface area (Å²) in [5.74, 6) is 0.548. The van der Waals surface area contributed by atoms with Crippen LogP contribution in [0, 0.1) is 0 Å². The molecule has 2 N–H and O–H groups in total. The molecule has 10 heteroatoms. The second kappa shape index (κ2) is 11.6. The Morgan fingerprint density at radius 1 is 1.24 bits per heavy atom. The van der Waals surface area contributed by atoms with Gasteiger partial charge in [-0.2, -0.15) is 5.10 Å². The lowest BCUT2D eigenvalue weighted by atomic mass is 10.1. The molecule has 1 aliphatic rings. The van der Waals surface area contributed by atoms with Crippen molar-refractivity contribution in [2.45, 2.75) is 45.7 Å². The van der Waals surface area contributed by atoms with E-state index in [1.807, 2.05) is 41.9 Å². The second-order valence-electron chi connectivity index (χ2n) is 9.67. The number of pyridine rings is 1. The van der Waals surface area contributed by atoms with Crippen molar-refractivity contribution in [3.05, 3.63) is 53.7 Å². The number of amides is 1. The Labute approximate surface area is 227 Å². The van der Waals surface area contributed by atoms with Gasteiger partial charge >= 0.3 is 0 Å². The zero-order valence-electron chi connectivity index (χ0n) is 22.2. The fourth-order valence-corrected chi connectivity index (χ4v) is 5.88. The van der Waals surface area contributed by atoms with E-state index in [-0.39, 0.29) is 24.6 Å². The lowest BCUT2D eigenvalue weighted by Gasteiger charge is -2.27. The van der Waals surface area contributed by atoms with Crippen molar-refractivity contribution in [1.82, 2.24) is 29.8 Å². The number of carbonyl (C=O) groups excluding carboxylic acids is 1. The molecule has 0 aliphatic carbocycles. The molecule has 0 aromatic carbocycles. The predicted octanol–water partition coefficient (Wildman–Crippen LogP) is 3.94. The first-order chi connectivity index (χ1) is 18.5. The first-order valence-corrected chi connectivity index (χ1v) is 14.2. The summed E-state index contributed by atoms with van der Waals surface area (Å²) in [6.45, 7) is 9.65. The van der Waals surface area contributed by atoms with Gasteiger partial charge in [-0.15, -0.1) is 11.3 Å². The minimum Gasteiger partial charge on any atom is -0.394 e. The molecule has 1 fully saturated rings. The zero-order chi connectivity index (χ0) is 26.6. The largest absolute Gasteiger partial charge is 0.394 e. The molecule has 1 saturated heterocycles. The van der Waals surface area contributed by atoms with E-state index in [1.54, 1.807) is 22.0 Å². The molecule has 5 rings (SSSR count). The number of aromatic nitrogens is 4. The van der Waals surface area contributed by atoms with Crippen molar-refractivity contribution in [3.8, 4) is 21.8 Å². The van der Waals surface area contributed by atoms with Gasteiger partial charge in [0.25, 0.3) is 5.91 Å². The maximum atomic E-state index is 13.4. The topological polar surface area (TPSA) is 98.9 Å². The summed E-state index contributed by atoms with van der Waals surface area (Å²) >= 11 is 1.64. The summed E-state index contributed by atoms with van der Waals surface area (Å²) in [6, 6.07) is 9.88. The van der Waals surface area contributed by atoms with Crippen LogP contribution < -0.4 is 10.2 Å². The van der Waals surface area contributed by atoms with Crippen LogP contribution in [0.3, 0.4) is 0 Å². The van der Waals surface area contributed by atoms with Crippen LogP contribution in [-0.4, -0.2) is 80.4 Å². The summed E-state index contributed by atoms with van der Waals surface area (Å²) in [4.78, 5) is 28.8. The SMILES string of the molecule is CCN(CC)C(C)CNC(=O)c1cc(-c2cnn3ccc(-c4cccs4)nc23)nc(N2CCCC2CO)c1. The molecule has 0 spiro atoms. The van der Waals surface area contributed by atoms with Crippen molar-refractivity contribution in [3.63, 3.8) is 0 Å². The first kappa shape index (κ1) is 26.3. The van der Waals surface area contributed by atoms with Crippen LogP contribution in [0.15, 0.2) is 48.1 Å². The van der Waals surface area contributed by atoms with Crippen LogP contribution in [-0.2, 0) is 0 Å². The Morgan fingerprint density at radius 2 is 2.08 bits per heavy atom. The summed E-state index contributed by atoms with van der Waals surface area (Å²) in [7, 11) is 0. The molecule has 1 amide bonds. The monoisotopic (exact) mass is 533 g/mol. The smallest absolute Gasteiger partial charge is 0.251 e. The Bertz CT molecular complexity index is 1380. The van der Waals surface area contributed by atoms with Crippen molar-refractivity contribution in [1.29, 1.82) is 0 Å². The fourth-order valence-electron chi connectivity index (χ4n) is 5.19. The highest BCUT2D eigenvalue weighted by atomic mass is 32.1. The molecule has 0 saturated carbocycles. The molecular weight excluding hydrogens is 498 g/mol. The number of aliphatic hydroxyl groups excluding tert-OH is 1. The van der Waals surface area contributed by atoms with Crippen LogP contribution in [0.5, 0.6) is 0 Å². The number of likely N-dealkylation sites (N-methyl/N-ethyl adjacent to an activating group) is 1. The van der Waals surface area contributed by atoms with E-state index in [9.17, 15) is 9.90 Å². The van der Waals surface area contributed by atoms with E-state index in [0.717, 1.165) is 48.6 Å². The average molecular weight is 534 g/mol. The van der Waals surface area contributed by atoms with Crippen LogP contribution in [0.1, 0.15) is 44.0 Å². The molecule has 38 heavy (non-hydrogen) atoms. The number of nitrogens with zero attached hydrogens (tertiary/aromatic N) is 6.